The second-order valence-electron chi connectivity index (χ2n) is 4.86. The van der Waals surface area contributed by atoms with Crippen molar-refractivity contribution in [3.63, 3.8) is 0 Å². The number of thiazole rings is 1. The molecular formula is C19H15NO2S. The van der Waals surface area contributed by atoms with Gasteiger partial charge in [0.05, 0.1) is 5.69 Å². The molecule has 0 fully saturated rings. The lowest BCUT2D eigenvalue weighted by Gasteiger charge is -1.99. The predicted octanol–water partition coefficient (Wildman–Crippen LogP) is 4.57. The van der Waals surface area contributed by atoms with E-state index in [1.807, 2.05) is 66.0 Å². The van der Waals surface area contributed by atoms with E-state index in [9.17, 15) is 4.79 Å². The Hall–Kier alpha value is -2.72. The first-order valence-corrected chi connectivity index (χ1v) is 8.09. The summed E-state index contributed by atoms with van der Waals surface area (Å²) in [7, 11) is 0. The summed E-state index contributed by atoms with van der Waals surface area (Å²) in [6.07, 6.45) is 3.17. The quantitative estimate of drug-likeness (QED) is 0.510. The van der Waals surface area contributed by atoms with Crippen molar-refractivity contribution in [3.05, 3.63) is 83.4 Å². The first-order valence-electron chi connectivity index (χ1n) is 7.21. The van der Waals surface area contributed by atoms with Crippen LogP contribution in [0.5, 0.6) is 0 Å². The molecule has 0 radical (unpaired) electrons. The van der Waals surface area contributed by atoms with Crippen LogP contribution in [0.2, 0.25) is 0 Å². The van der Waals surface area contributed by atoms with Crippen molar-refractivity contribution in [3.8, 4) is 10.6 Å². The standard InChI is InChI=1S/C19H15NO2S/c21-18(12-11-15-7-3-1-4-8-15)22-13-17-14-23-19(20-17)16-9-5-2-6-10-16/h1-12,14H,13H2/b12-11+. The van der Waals surface area contributed by atoms with Crippen molar-refractivity contribution < 1.29 is 9.53 Å². The van der Waals surface area contributed by atoms with E-state index < -0.39 is 0 Å². The third kappa shape index (κ3) is 4.37. The van der Waals surface area contributed by atoms with Gasteiger partial charge < -0.3 is 4.74 Å². The number of aromatic nitrogens is 1. The number of hydrogen-bond acceptors (Lipinski definition) is 4. The smallest absolute Gasteiger partial charge is 0.331 e. The van der Waals surface area contributed by atoms with Crippen LogP contribution < -0.4 is 0 Å². The molecule has 4 heteroatoms. The Balaban J connectivity index is 1.55. The van der Waals surface area contributed by atoms with Gasteiger partial charge in [-0.05, 0) is 11.6 Å². The van der Waals surface area contributed by atoms with Crippen LogP contribution in [-0.2, 0) is 16.1 Å². The van der Waals surface area contributed by atoms with E-state index in [0.717, 1.165) is 21.8 Å². The van der Waals surface area contributed by atoms with Crippen molar-refractivity contribution in [2.45, 2.75) is 6.61 Å². The Bertz CT molecular complexity index is 795. The lowest BCUT2D eigenvalue weighted by atomic mass is 10.2. The number of carbonyl (C=O) groups excluding carboxylic acids is 1. The predicted molar refractivity (Wildman–Crippen MR) is 92.8 cm³/mol. The van der Waals surface area contributed by atoms with E-state index in [1.54, 1.807) is 17.4 Å². The molecule has 114 valence electrons. The van der Waals surface area contributed by atoms with Crippen LogP contribution in [0.3, 0.4) is 0 Å². The summed E-state index contributed by atoms with van der Waals surface area (Å²) in [5.41, 5.74) is 2.79. The summed E-state index contributed by atoms with van der Waals surface area (Å²) in [5.74, 6) is -0.372. The number of rotatable bonds is 5. The number of ether oxygens (including phenoxy) is 1. The van der Waals surface area contributed by atoms with Gasteiger partial charge in [0.25, 0.3) is 0 Å². The fraction of sp³-hybridized carbons (Fsp3) is 0.0526. The third-order valence-electron chi connectivity index (χ3n) is 3.15. The Morgan fingerprint density at radius 1 is 1.04 bits per heavy atom. The molecular weight excluding hydrogens is 306 g/mol. The molecule has 2 aromatic carbocycles. The Morgan fingerprint density at radius 3 is 2.48 bits per heavy atom. The monoisotopic (exact) mass is 321 g/mol. The zero-order valence-corrected chi connectivity index (χ0v) is 13.2. The molecule has 1 aromatic heterocycles. The van der Waals surface area contributed by atoms with Crippen LogP contribution in [0, 0.1) is 0 Å². The van der Waals surface area contributed by atoms with Crippen molar-refractivity contribution in [1.82, 2.24) is 4.98 Å². The number of hydrogen-bond donors (Lipinski definition) is 0. The molecule has 0 N–H and O–H groups in total. The van der Waals surface area contributed by atoms with E-state index in [4.69, 9.17) is 4.74 Å². The van der Waals surface area contributed by atoms with Gasteiger partial charge in [-0.3, -0.25) is 0 Å². The molecule has 0 bridgehead atoms. The van der Waals surface area contributed by atoms with Crippen LogP contribution in [0.15, 0.2) is 72.1 Å². The molecule has 0 aliphatic rings. The van der Waals surface area contributed by atoms with Crippen LogP contribution >= 0.6 is 11.3 Å². The highest BCUT2D eigenvalue weighted by atomic mass is 32.1. The molecule has 0 atom stereocenters. The lowest BCUT2D eigenvalue weighted by Crippen LogP contribution is -2.00. The second-order valence-corrected chi connectivity index (χ2v) is 5.72. The minimum absolute atomic E-state index is 0.182. The Kier molecular flexibility index (Phi) is 4.96. The first-order chi connectivity index (χ1) is 11.3. The van der Waals surface area contributed by atoms with Gasteiger partial charge >= 0.3 is 5.97 Å². The van der Waals surface area contributed by atoms with Gasteiger partial charge in [0.2, 0.25) is 0 Å². The highest BCUT2D eigenvalue weighted by Crippen LogP contribution is 2.23. The van der Waals surface area contributed by atoms with Crippen molar-refractivity contribution >= 4 is 23.4 Å². The molecule has 3 aromatic rings. The summed E-state index contributed by atoms with van der Waals surface area (Å²) in [4.78, 5) is 16.2. The van der Waals surface area contributed by atoms with Gasteiger partial charge in [-0.25, -0.2) is 9.78 Å². The first kappa shape index (κ1) is 15.2. The summed E-state index contributed by atoms with van der Waals surface area (Å²) < 4.78 is 5.22. The molecule has 1 heterocycles. The molecule has 0 amide bonds. The second kappa shape index (κ2) is 7.51. The molecule has 0 aliphatic heterocycles. The maximum absolute atomic E-state index is 11.7. The zero-order valence-electron chi connectivity index (χ0n) is 12.4. The van der Waals surface area contributed by atoms with E-state index in [0.29, 0.717) is 0 Å². The zero-order chi connectivity index (χ0) is 15.9. The summed E-state index contributed by atoms with van der Waals surface area (Å²) in [5, 5.41) is 2.84. The van der Waals surface area contributed by atoms with E-state index in [2.05, 4.69) is 4.98 Å². The summed E-state index contributed by atoms with van der Waals surface area (Å²) in [6.45, 7) is 0.182. The Morgan fingerprint density at radius 2 is 1.74 bits per heavy atom. The SMILES string of the molecule is O=C(/C=C/c1ccccc1)OCc1csc(-c2ccccc2)n1. The van der Waals surface area contributed by atoms with Crippen LogP contribution in [0.1, 0.15) is 11.3 Å². The fourth-order valence-corrected chi connectivity index (χ4v) is 2.82. The number of carbonyl (C=O) groups is 1. The van der Waals surface area contributed by atoms with Gasteiger partial charge in [0.15, 0.2) is 0 Å². The van der Waals surface area contributed by atoms with Crippen LogP contribution in [0.25, 0.3) is 16.6 Å². The largest absolute Gasteiger partial charge is 0.456 e. The summed E-state index contributed by atoms with van der Waals surface area (Å²) in [6, 6.07) is 19.6. The van der Waals surface area contributed by atoms with Gasteiger partial charge in [0, 0.05) is 17.0 Å². The molecule has 0 saturated carbocycles. The molecule has 0 unspecified atom stereocenters. The Labute approximate surface area is 138 Å². The van der Waals surface area contributed by atoms with Crippen LogP contribution in [0.4, 0.5) is 0 Å². The van der Waals surface area contributed by atoms with Crippen molar-refractivity contribution in [2.75, 3.05) is 0 Å². The maximum atomic E-state index is 11.7. The average Bonchev–Trinajstić information content (AvgIpc) is 3.09. The third-order valence-corrected chi connectivity index (χ3v) is 4.09. The highest BCUT2D eigenvalue weighted by Gasteiger charge is 2.06. The number of nitrogens with zero attached hydrogens (tertiary/aromatic N) is 1. The summed E-state index contributed by atoms with van der Waals surface area (Å²) >= 11 is 1.54. The van der Waals surface area contributed by atoms with Crippen molar-refractivity contribution in [1.29, 1.82) is 0 Å². The fourth-order valence-electron chi connectivity index (χ4n) is 2.01. The molecule has 23 heavy (non-hydrogen) atoms. The molecule has 3 rings (SSSR count). The van der Waals surface area contributed by atoms with Gasteiger partial charge in [-0.15, -0.1) is 11.3 Å². The molecule has 0 spiro atoms. The molecule has 0 saturated heterocycles. The van der Waals surface area contributed by atoms with Gasteiger partial charge in [0.1, 0.15) is 11.6 Å². The maximum Gasteiger partial charge on any atom is 0.331 e. The molecule has 3 nitrogen and oxygen atoms in total. The van der Waals surface area contributed by atoms with E-state index in [-0.39, 0.29) is 12.6 Å². The topological polar surface area (TPSA) is 39.2 Å². The molecule has 0 aliphatic carbocycles. The minimum Gasteiger partial charge on any atom is -0.456 e. The average molecular weight is 321 g/mol. The van der Waals surface area contributed by atoms with Gasteiger partial charge in [-0.1, -0.05) is 60.7 Å². The van der Waals surface area contributed by atoms with Crippen LogP contribution in [-0.4, -0.2) is 11.0 Å². The van der Waals surface area contributed by atoms with E-state index >= 15 is 0 Å². The lowest BCUT2D eigenvalue weighted by molar-refractivity contribution is -0.139. The van der Waals surface area contributed by atoms with Crippen molar-refractivity contribution in [2.24, 2.45) is 0 Å². The number of esters is 1. The normalized spacial score (nSPS) is 10.8. The van der Waals surface area contributed by atoms with E-state index in [1.165, 1.54) is 6.08 Å². The number of benzene rings is 2. The minimum atomic E-state index is -0.372. The van der Waals surface area contributed by atoms with Gasteiger partial charge in [-0.2, -0.15) is 0 Å². The highest BCUT2D eigenvalue weighted by molar-refractivity contribution is 7.13.